The van der Waals surface area contributed by atoms with Crippen LogP contribution in [0.5, 0.6) is 0 Å². The van der Waals surface area contributed by atoms with Gasteiger partial charge in [-0.25, -0.2) is 8.42 Å². The lowest BCUT2D eigenvalue weighted by Gasteiger charge is -2.09. The van der Waals surface area contributed by atoms with Crippen LogP contribution in [0, 0.1) is 6.92 Å². The van der Waals surface area contributed by atoms with E-state index in [0.717, 1.165) is 5.69 Å². The Bertz CT molecular complexity index is 715. The van der Waals surface area contributed by atoms with Crippen molar-refractivity contribution in [2.75, 3.05) is 4.72 Å². The largest absolute Gasteiger partial charge is 0.326 e. The molecule has 0 aliphatic heterocycles. The van der Waals surface area contributed by atoms with Gasteiger partial charge in [0.05, 0.1) is 16.8 Å². The number of aryl methyl sites for hydroxylation is 1. The highest BCUT2D eigenvalue weighted by atomic mass is 35.5. The lowest BCUT2D eigenvalue weighted by atomic mass is 10.2. The van der Waals surface area contributed by atoms with Gasteiger partial charge in [-0.1, -0.05) is 11.6 Å². The molecule has 0 amide bonds. The Labute approximate surface area is 122 Å². The highest BCUT2D eigenvalue weighted by Crippen LogP contribution is 2.22. The maximum absolute atomic E-state index is 12.2. The fraction of sp³-hybridized carbons (Fsp3) is 0.154. The van der Waals surface area contributed by atoms with Crippen molar-refractivity contribution in [2.24, 2.45) is 5.73 Å². The topological polar surface area (TPSA) is 85.1 Å². The molecule has 0 saturated heterocycles. The first kappa shape index (κ1) is 14.8. The molecule has 3 N–H and O–H groups in total. The number of hydrogen-bond donors (Lipinski definition) is 2. The summed E-state index contributed by atoms with van der Waals surface area (Å²) in [6.45, 7) is 2.00. The number of hydrogen-bond acceptors (Lipinski definition) is 4. The van der Waals surface area contributed by atoms with Crippen LogP contribution in [-0.2, 0) is 16.6 Å². The van der Waals surface area contributed by atoms with Gasteiger partial charge in [0.25, 0.3) is 10.0 Å². The van der Waals surface area contributed by atoms with Gasteiger partial charge >= 0.3 is 0 Å². The lowest BCUT2D eigenvalue weighted by Crippen LogP contribution is -2.14. The van der Waals surface area contributed by atoms with Gasteiger partial charge in [0, 0.05) is 17.3 Å². The summed E-state index contributed by atoms with van der Waals surface area (Å²) in [4.78, 5) is 4.15. The first-order chi connectivity index (χ1) is 9.42. The van der Waals surface area contributed by atoms with Crippen LogP contribution in [0.3, 0.4) is 0 Å². The lowest BCUT2D eigenvalue weighted by molar-refractivity contribution is 0.601. The number of aromatic nitrogens is 1. The number of halogens is 1. The molecule has 20 heavy (non-hydrogen) atoms. The molecule has 0 bridgehead atoms. The maximum Gasteiger partial charge on any atom is 0.261 e. The molecule has 2 aromatic rings. The first-order valence-corrected chi connectivity index (χ1v) is 7.72. The van der Waals surface area contributed by atoms with Crippen LogP contribution >= 0.6 is 11.6 Å². The van der Waals surface area contributed by atoms with Gasteiger partial charge in [0.2, 0.25) is 0 Å². The van der Waals surface area contributed by atoms with Crippen LogP contribution in [0.1, 0.15) is 11.3 Å². The van der Waals surface area contributed by atoms with Crippen molar-refractivity contribution in [1.29, 1.82) is 0 Å². The number of rotatable bonds is 4. The molecule has 106 valence electrons. The standard InChI is InChI=1S/C13H14ClN3O2S/c1-9-2-3-11(8-16-9)17-20(18,19)12-4-5-13(14)10(6-12)7-15/h2-6,8,17H,7,15H2,1H3. The summed E-state index contributed by atoms with van der Waals surface area (Å²) >= 11 is 5.92. The number of nitrogens with zero attached hydrogens (tertiary/aromatic N) is 1. The molecule has 0 spiro atoms. The molecule has 0 radical (unpaired) electrons. The molecule has 1 aromatic heterocycles. The molecule has 0 aliphatic rings. The number of nitrogens with two attached hydrogens (primary N) is 1. The molecule has 0 aliphatic carbocycles. The predicted molar refractivity (Wildman–Crippen MR) is 79.1 cm³/mol. The second-order valence-corrected chi connectivity index (χ2v) is 6.34. The van der Waals surface area contributed by atoms with E-state index in [2.05, 4.69) is 9.71 Å². The van der Waals surface area contributed by atoms with Gasteiger partial charge in [-0.3, -0.25) is 9.71 Å². The Morgan fingerprint density at radius 3 is 2.65 bits per heavy atom. The molecule has 0 unspecified atom stereocenters. The molecule has 7 heteroatoms. The van der Waals surface area contributed by atoms with Crippen molar-refractivity contribution in [3.8, 4) is 0 Å². The third-order valence-corrected chi connectivity index (χ3v) is 4.46. The molecule has 0 fully saturated rings. The minimum absolute atomic E-state index is 0.114. The molecular weight excluding hydrogens is 298 g/mol. The zero-order valence-electron chi connectivity index (χ0n) is 10.8. The van der Waals surface area contributed by atoms with Gasteiger partial charge in [-0.15, -0.1) is 0 Å². The molecule has 0 atom stereocenters. The quantitative estimate of drug-likeness (QED) is 0.907. The van der Waals surface area contributed by atoms with Crippen molar-refractivity contribution in [3.63, 3.8) is 0 Å². The summed E-state index contributed by atoms with van der Waals surface area (Å²) < 4.78 is 26.9. The molecule has 5 nitrogen and oxygen atoms in total. The van der Waals surface area contributed by atoms with E-state index in [1.807, 2.05) is 6.92 Å². The molecule has 1 heterocycles. The normalized spacial score (nSPS) is 11.3. The van der Waals surface area contributed by atoms with Crippen LogP contribution in [0.2, 0.25) is 5.02 Å². The van der Waals surface area contributed by atoms with Gasteiger partial charge in [0.15, 0.2) is 0 Å². The van der Waals surface area contributed by atoms with E-state index in [1.165, 1.54) is 24.4 Å². The third-order valence-electron chi connectivity index (χ3n) is 2.71. The van der Waals surface area contributed by atoms with Crippen LogP contribution in [-0.4, -0.2) is 13.4 Å². The Morgan fingerprint density at radius 2 is 2.05 bits per heavy atom. The van der Waals surface area contributed by atoms with Gasteiger partial charge in [-0.2, -0.15) is 0 Å². The van der Waals surface area contributed by atoms with Crippen molar-refractivity contribution in [2.45, 2.75) is 18.4 Å². The fourth-order valence-electron chi connectivity index (χ4n) is 1.62. The van der Waals surface area contributed by atoms with Gasteiger partial charge in [-0.05, 0) is 42.8 Å². The van der Waals surface area contributed by atoms with E-state index in [0.29, 0.717) is 16.3 Å². The molecule has 2 rings (SSSR count). The number of sulfonamides is 1. The summed E-state index contributed by atoms with van der Waals surface area (Å²) in [7, 11) is -3.68. The minimum Gasteiger partial charge on any atom is -0.326 e. The second-order valence-electron chi connectivity index (χ2n) is 4.25. The summed E-state index contributed by atoms with van der Waals surface area (Å²) in [5.41, 5.74) is 7.32. The van der Waals surface area contributed by atoms with Gasteiger partial charge in [0.1, 0.15) is 0 Å². The van der Waals surface area contributed by atoms with Crippen molar-refractivity contribution in [1.82, 2.24) is 4.98 Å². The predicted octanol–water partition coefficient (Wildman–Crippen LogP) is 2.30. The van der Waals surface area contributed by atoms with Gasteiger partial charge < -0.3 is 5.73 Å². The Balaban J connectivity index is 2.33. The van der Waals surface area contributed by atoms with Crippen molar-refractivity contribution >= 4 is 27.3 Å². The number of nitrogens with one attached hydrogen (secondary N) is 1. The molecular formula is C13H14ClN3O2S. The molecule has 0 saturated carbocycles. The first-order valence-electron chi connectivity index (χ1n) is 5.86. The molecule has 1 aromatic carbocycles. The van der Waals surface area contributed by atoms with Crippen LogP contribution < -0.4 is 10.5 Å². The summed E-state index contributed by atoms with van der Waals surface area (Å²) in [5.74, 6) is 0. The van der Waals surface area contributed by atoms with Crippen LogP contribution in [0.25, 0.3) is 0 Å². The monoisotopic (exact) mass is 311 g/mol. The summed E-state index contributed by atoms with van der Waals surface area (Å²) in [5, 5.41) is 0.448. The highest BCUT2D eigenvalue weighted by molar-refractivity contribution is 7.92. The Hall–Kier alpha value is -1.63. The number of anilines is 1. The highest BCUT2D eigenvalue weighted by Gasteiger charge is 2.15. The maximum atomic E-state index is 12.2. The summed E-state index contributed by atoms with van der Waals surface area (Å²) in [6, 6.07) is 7.80. The number of benzene rings is 1. The van der Waals surface area contributed by atoms with E-state index < -0.39 is 10.0 Å². The SMILES string of the molecule is Cc1ccc(NS(=O)(=O)c2ccc(Cl)c(CN)c2)cn1. The van der Waals surface area contributed by atoms with Crippen LogP contribution in [0.15, 0.2) is 41.4 Å². The second kappa shape index (κ2) is 5.78. The Morgan fingerprint density at radius 1 is 1.30 bits per heavy atom. The van der Waals surface area contributed by atoms with E-state index in [-0.39, 0.29) is 11.4 Å². The van der Waals surface area contributed by atoms with E-state index in [4.69, 9.17) is 17.3 Å². The zero-order valence-corrected chi connectivity index (χ0v) is 12.4. The average molecular weight is 312 g/mol. The minimum atomic E-state index is -3.68. The van der Waals surface area contributed by atoms with Crippen molar-refractivity contribution < 1.29 is 8.42 Å². The van der Waals surface area contributed by atoms with E-state index in [1.54, 1.807) is 12.1 Å². The van der Waals surface area contributed by atoms with E-state index >= 15 is 0 Å². The average Bonchev–Trinajstić information content (AvgIpc) is 2.41. The fourth-order valence-corrected chi connectivity index (χ4v) is 2.91. The smallest absolute Gasteiger partial charge is 0.261 e. The number of pyridine rings is 1. The zero-order chi connectivity index (χ0) is 14.8. The Kier molecular flexibility index (Phi) is 4.27. The third kappa shape index (κ3) is 3.27. The summed E-state index contributed by atoms with van der Waals surface area (Å²) in [6.07, 6.45) is 1.46. The van der Waals surface area contributed by atoms with Crippen molar-refractivity contribution in [3.05, 3.63) is 52.8 Å². The van der Waals surface area contributed by atoms with Crippen LogP contribution in [0.4, 0.5) is 5.69 Å². The van der Waals surface area contributed by atoms with E-state index in [9.17, 15) is 8.42 Å².